The van der Waals surface area contributed by atoms with Crippen LogP contribution in [0, 0.1) is 0 Å². The summed E-state index contributed by atoms with van der Waals surface area (Å²) >= 11 is 7.13. The van der Waals surface area contributed by atoms with Crippen LogP contribution >= 0.6 is 22.9 Å². The number of hydrogen-bond donors (Lipinski definition) is 0. The third kappa shape index (κ3) is 5.30. The predicted octanol–water partition coefficient (Wildman–Crippen LogP) is 4.80. The van der Waals surface area contributed by atoms with E-state index in [2.05, 4.69) is 4.98 Å². The van der Waals surface area contributed by atoms with Crippen LogP contribution in [0.2, 0.25) is 5.02 Å². The molecule has 0 aliphatic heterocycles. The molecule has 29 heavy (non-hydrogen) atoms. The van der Waals surface area contributed by atoms with Crippen LogP contribution in [0.25, 0.3) is 5.57 Å². The van der Waals surface area contributed by atoms with Gasteiger partial charge in [0.15, 0.2) is 0 Å². The maximum absolute atomic E-state index is 12.9. The van der Waals surface area contributed by atoms with E-state index in [9.17, 15) is 21.6 Å². The van der Waals surface area contributed by atoms with E-state index in [1.54, 1.807) is 45.1 Å². The van der Waals surface area contributed by atoms with Crippen molar-refractivity contribution >= 4 is 38.5 Å². The molecule has 0 radical (unpaired) electrons. The lowest BCUT2D eigenvalue weighted by molar-refractivity contribution is -0.137. The Kier molecular flexibility index (Phi) is 7.37. The van der Waals surface area contributed by atoms with Crippen LogP contribution in [0.4, 0.5) is 13.2 Å². The molecule has 0 N–H and O–H groups in total. The van der Waals surface area contributed by atoms with E-state index in [-0.39, 0.29) is 14.9 Å². The number of rotatable bonds is 7. The lowest BCUT2D eigenvalue weighted by atomic mass is 10.1. The van der Waals surface area contributed by atoms with Gasteiger partial charge in [-0.25, -0.2) is 8.42 Å². The van der Waals surface area contributed by atoms with E-state index in [1.807, 2.05) is 0 Å². The summed E-state index contributed by atoms with van der Waals surface area (Å²) in [4.78, 5) is 6.12. The van der Waals surface area contributed by atoms with E-state index in [0.717, 1.165) is 17.4 Å². The van der Waals surface area contributed by atoms with Gasteiger partial charge >= 0.3 is 6.18 Å². The van der Waals surface area contributed by atoms with Crippen LogP contribution < -0.4 is 0 Å². The quantitative estimate of drug-likeness (QED) is 0.587. The van der Waals surface area contributed by atoms with E-state index in [0.29, 0.717) is 29.7 Å². The first-order valence-electron chi connectivity index (χ1n) is 8.63. The summed E-state index contributed by atoms with van der Waals surface area (Å²) in [6, 6.07) is 3.90. The van der Waals surface area contributed by atoms with Crippen molar-refractivity contribution in [3.63, 3.8) is 0 Å². The molecule has 160 valence electrons. The number of nitrogens with zero attached hydrogens (tertiary/aromatic N) is 3. The van der Waals surface area contributed by atoms with Gasteiger partial charge in [-0.2, -0.15) is 17.5 Å². The second-order valence-corrected chi connectivity index (χ2v) is 9.92. The molecule has 2 aromatic rings. The molecule has 0 saturated heterocycles. The van der Waals surface area contributed by atoms with Crippen molar-refractivity contribution in [2.75, 3.05) is 27.2 Å². The highest BCUT2D eigenvalue weighted by atomic mass is 35.5. The number of hydrogen-bond acceptors (Lipinski definition) is 5. The van der Waals surface area contributed by atoms with Crippen LogP contribution in [-0.2, 0) is 16.2 Å². The monoisotopic (exact) mass is 467 g/mol. The van der Waals surface area contributed by atoms with Gasteiger partial charge in [-0.05, 0) is 18.2 Å². The van der Waals surface area contributed by atoms with Gasteiger partial charge in [-0.15, -0.1) is 11.3 Å². The van der Waals surface area contributed by atoms with E-state index in [4.69, 9.17) is 11.6 Å². The Morgan fingerprint density at radius 2 is 1.86 bits per heavy atom. The first-order valence-corrected chi connectivity index (χ1v) is 11.3. The molecule has 0 fully saturated rings. The number of thiophene rings is 1. The first kappa shape index (κ1) is 23.7. The minimum atomic E-state index is -4.56. The molecule has 0 amide bonds. The summed E-state index contributed by atoms with van der Waals surface area (Å²) in [7, 11) is -0.181. The Bertz CT molecular complexity index is 998. The lowest BCUT2D eigenvalue weighted by Crippen LogP contribution is -2.29. The lowest BCUT2D eigenvalue weighted by Gasteiger charge is -2.17. The Morgan fingerprint density at radius 3 is 2.34 bits per heavy atom. The summed E-state index contributed by atoms with van der Waals surface area (Å²) in [6.45, 7) is 4.16. The zero-order valence-electron chi connectivity index (χ0n) is 16.3. The summed E-state index contributed by atoms with van der Waals surface area (Å²) in [5, 5.41) is -0.172. The highest BCUT2D eigenvalue weighted by molar-refractivity contribution is 7.91. The molecule has 2 aromatic heterocycles. The van der Waals surface area contributed by atoms with Crippen LogP contribution in [0.15, 0.2) is 34.8 Å². The number of alkyl halides is 3. The van der Waals surface area contributed by atoms with Gasteiger partial charge < -0.3 is 4.90 Å². The fourth-order valence-corrected chi connectivity index (χ4v) is 5.78. The normalized spacial score (nSPS) is 13.2. The van der Waals surface area contributed by atoms with Gasteiger partial charge in [0.2, 0.25) is 0 Å². The van der Waals surface area contributed by atoms with E-state index < -0.39 is 21.8 Å². The molecule has 5 nitrogen and oxygen atoms in total. The fraction of sp³-hybridized carbons (Fsp3) is 0.389. The standard InChI is InChI=1S/C18H21ClF3N3O2S2/c1-5-25(6-2)29(26,27)16-8-7-15(28-16)13(11-24(3)4)17-14(19)9-12(10-23-17)18(20,21)22/h7-11H,5-6H2,1-4H3. The molecule has 0 atom stereocenters. The predicted molar refractivity (Wildman–Crippen MR) is 109 cm³/mol. The summed E-state index contributed by atoms with van der Waals surface area (Å²) in [6.07, 6.45) is -2.21. The molecule has 0 saturated carbocycles. The van der Waals surface area contributed by atoms with Crippen molar-refractivity contribution in [1.29, 1.82) is 0 Å². The van der Waals surface area contributed by atoms with Crippen molar-refractivity contribution in [3.8, 4) is 0 Å². The molecule has 0 aliphatic rings. The van der Waals surface area contributed by atoms with Crippen LogP contribution in [-0.4, -0.2) is 49.8 Å². The molecule has 0 aliphatic carbocycles. The van der Waals surface area contributed by atoms with Crippen molar-refractivity contribution < 1.29 is 21.6 Å². The largest absolute Gasteiger partial charge is 0.417 e. The molecule has 0 bridgehead atoms. The van der Waals surface area contributed by atoms with Crippen molar-refractivity contribution in [2.24, 2.45) is 0 Å². The van der Waals surface area contributed by atoms with E-state index in [1.165, 1.54) is 10.4 Å². The van der Waals surface area contributed by atoms with Gasteiger partial charge in [-0.1, -0.05) is 25.4 Å². The van der Waals surface area contributed by atoms with Gasteiger partial charge in [0.25, 0.3) is 10.0 Å². The number of pyridine rings is 1. The molecule has 0 aromatic carbocycles. The second kappa shape index (κ2) is 9.03. The topological polar surface area (TPSA) is 53.5 Å². The van der Waals surface area contributed by atoms with Crippen LogP contribution in [0.3, 0.4) is 0 Å². The summed E-state index contributed by atoms with van der Waals surface area (Å²) in [5.41, 5.74) is -0.381. The number of sulfonamides is 1. The van der Waals surface area contributed by atoms with Crippen molar-refractivity contribution in [3.05, 3.63) is 51.8 Å². The molecular weight excluding hydrogens is 447 g/mol. The average molecular weight is 468 g/mol. The SMILES string of the molecule is CCN(CC)S(=O)(=O)c1ccc(C(=CN(C)C)c2ncc(C(F)(F)F)cc2Cl)s1. The molecule has 2 rings (SSSR count). The highest BCUT2D eigenvalue weighted by Gasteiger charge is 2.32. The number of halogens is 4. The van der Waals surface area contributed by atoms with Crippen molar-refractivity contribution in [2.45, 2.75) is 24.2 Å². The first-order chi connectivity index (χ1) is 13.4. The fourth-order valence-electron chi connectivity index (χ4n) is 2.59. The maximum atomic E-state index is 12.9. The maximum Gasteiger partial charge on any atom is 0.417 e. The van der Waals surface area contributed by atoms with Gasteiger partial charge in [0.1, 0.15) is 4.21 Å². The molecule has 0 spiro atoms. The highest BCUT2D eigenvalue weighted by Crippen LogP contribution is 2.37. The summed E-state index contributed by atoms with van der Waals surface area (Å²) < 4.78 is 65.7. The molecule has 0 unspecified atom stereocenters. The third-order valence-corrected chi connectivity index (χ3v) is 7.88. The second-order valence-electron chi connectivity index (χ2n) is 6.27. The average Bonchev–Trinajstić information content (AvgIpc) is 3.10. The molecule has 2 heterocycles. The van der Waals surface area contributed by atoms with Crippen LogP contribution in [0.5, 0.6) is 0 Å². The minimum Gasteiger partial charge on any atom is -0.383 e. The Hall–Kier alpha value is -1.62. The summed E-state index contributed by atoms with van der Waals surface area (Å²) in [5.74, 6) is 0. The van der Waals surface area contributed by atoms with Crippen molar-refractivity contribution in [1.82, 2.24) is 14.2 Å². The van der Waals surface area contributed by atoms with E-state index >= 15 is 0 Å². The zero-order chi connectivity index (χ0) is 22.0. The molecule has 11 heteroatoms. The minimum absolute atomic E-state index is 0.141. The van der Waals surface area contributed by atoms with Gasteiger partial charge in [0, 0.05) is 50.0 Å². The van der Waals surface area contributed by atoms with Gasteiger partial charge in [0.05, 0.1) is 16.3 Å². The van der Waals surface area contributed by atoms with Crippen LogP contribution in [0.1, 0.15) is 30.0 Å². The number of aromatic nitrogens is 1. The smallest absolute Gasteiger partial charge is 0.383 e. The Morgan fingerprint density at radius 1 is 1.24 bits per heavy atom. The zero-order valence-corrected chi connectivity index (χ0v) is 18.7. The third-order valence-electron chi connectivity index (χ3n) is 3.96. The Labute approximate surface area is 177 Å². The molecular formula is C18H21ClF3N3O2S2. The van der Waals surface area contributed by atoms with Gasteiger partial charge in [-0.3, -0.25) is 4.98 Å². The Balaban J connectivity index is 2.56.